The summed E-state index contributed by atoms with van der Waals surface area (Å²) in [6.07, 6.45) is 4.77. The Kier molecular flexibility index (Phi) is 5.19. The maximum absolute atomic E-state index is 12.3. The Morgan fingerprint density at radius 3 is 2.63 bits per heavy atom. The average molecular weight is 269 g/mol. The Bertz CT molecular complexity index is 305. The van der Waals surface area contributed by atoms with E-state index in [0.717, 1.165) is 58.6 Å². The molecule has 0 aromatic carbocycles. The predicted molar refractivity (Wildman–Crippen MR) is 74.9 cm³/mol. The van der Waals surface area contributed by atoms with Gasteiger partial charge in [-0.1, -0.05) is 0 Å². The summed E-state index contributed by atoms with van der Waals surface area (Å²) in [5.41, 5.74) is 5.97. The van der Waals surface area contributed by atoms with Crippen LogP contribution in [-0.4, -0.2) is 67.7 Å². The molecule has 5 heteroatoms. The molecule has 2 N–H and O–H groups in total. The SMILES string of the molecule is COCCN1CCCN(C(=O)CC2(N)CCC2)CC1. The highest BCUT2D eigenvalue weighted by Crippen LogP contribution is 2.32. The lowest BCUT2D eigenvalue weighted by atomic mass is 9.75. The van der Waals surface area contributed by atoms with Crippen molar-refractivity contribution in [1.29, 1.82) is 0 Å². The molecule has 2 fully saturated rings. The second-order valence-corrected chi connectivity index (χ2v) is 5.96. The Hall–Kier alpha value is -0.650. The Labute approximate surface area is 116 Å². The minimum absolute atomic E-state index is 0.195. The highest BCUT2D eigenvalue weighted by atomic mass is 16.5. The van der Waals surface area contributed by atoms with Crippen molar-refractivity contribution in [3.8, 4) is 0 Å². The van der Waals surface area contributed by atoms with E-state index in [0.29, 0.717) is 6.42 Å². The first-order chi connectivity index (χ1) is 9.13. The second-order valence-electron chi connectivity index (χ2n) is 5.96. The number of nitrogens with zero attached hydrogens (tertiary/aromatic N) is 2. The van der Waals surface area contributed by atoms with Crippen molar-refractivity contribution in [3.05, 3.63) is 0 Å². The maximum Gasteiger partial charge on any atom is 0.224 e. The van der Waals surface area contributed by atoms with Crippen molar-refractivity contribution >= 4 is 5.91 Å². The van der Waals surface area contributed by atoms with E-state index < -0.39 is 0 Å². The van der Waals surface area contributed by atoms with Crippen LogP contribution in [0.5, 0.6) is 0 Å². The van der Waals surface area contributed by atoms with E-state index in [4.69, 9.17) is 10.5 Å². The van der Waals surface area contributed by atoms with E-state index >= 15 is 0 Å². The minimum Gasteiger partial charge on any atom is -0.383 e. The largest absolute Gasteiger partial charge is 0.383 e. The molecule has 0 bridgehead atoms. The highest BCUT2D eigenvalue weighted by Gasteiger charge is 2.36. The van der Waals surface area contributed by atoms with Gasteiger partial charge in [-0.05, 0) is 32.2 Å². The molecule has 1 heterocycles. The van der Waals surface area contributed by atoms with Crippen molar-refractivity contribution in [2.45, 2.75) is 37.6 Å². The van der Waals surface area contributed by atoms with Gasteiger partial charge in [0.25, 0.3) is 0 Å². The number of rotatable bonds is 5. The van der Waals surface area contributed by atoms with E-state index in [1.165, 1.54) is 6.42 Å². The topological polar surface area (TPSA) is 58.8 Å². The number of ether oxygens (including phenoxy) is 1. The molecule has 1 saturated carbocycles. The molecular formula is C14H27N3O2. The van der Waals surface area contributed by atoms with Crippen LogP contribution in [0.1, 0.15) is 32.1 Å². The van der Waals surface area contributed by atoms with E-state index in [1.807, 2.05) is 4.90 Å². The molecule has 110 valence electrons. The fourth-order valence-electron chi connectivity index (χ4n) is 2.88. The van der Waals surface area contributed by atoms with Crippen LogP contribution in [0, 0.1) is 0 Å². The number of carbonyl (C=O) groups is 1. The number of hydrogen-bond donors (Lipinski definition) is 1. The van der Waals surface area contributed by atoms with Gasteiger partial charge in [0.05, 0.1) is 6.61 Å². The number of nitrogens with two attached hydrogens (primary N) is 1. The van der Waals surface area contributed by atoms with Gasteiger partial charge in [-0.25, -0.2) is 0 Å². The monoisotopic (exact) mass is 269 g/mol. The third-order valence-corrected chi connectivity index (χ3v) is 4.41. The van der Waals surface area contributed by atoms with Gasteiger partial charge < -0.3 is 15.4 Å². The van der Waals surface area contributed by atoms with Crippen LogP contribution in [0.3, 0.4) is 0 Å². The summed E-state index contributed by atoms with van der Waals surface area (Å²) in [6.45, 7) is 5.43. The van der Waals surface area contributed by atoms with Crippen molar-refractivity contribution in [3.63, 3.8) is 0 Å². The number of methoxy groups -OCH3 is 1. The Morgan fingerprint density at radius 1 is 1.21 bits per heavy atom. The summed E-state index contributed by atoms with van der Waals surface area (Å²) >= 11 is 0. The molecule has 1 saturated heterocycles. The molecule has 0 spiro atoms. The lowest BCUT2D eigenvalue weighted by Gasteiger charge is -2.38. The molecule has 2 rings (SSSR count). The Balaban J connectivity index is 1.76. The third-order valence-electron chi connectivity index (χ3n) is 4.41. The summed E-state index contributed by atoms with van der Waals surface area (Å²) in [7, 11) is 1.73. The van der Waals surface area contributed by atoms with E-state index in [9.17, 15) is 4.79 Å². The van der Waals surface area contributed by atoms with E-state index in [2.05, 4.69) is 4.90 Å². The quantitative estimate of drug-likeness (QED) is 0.787. The maximum atomic E-state index is 12.3. The zero-order valence-corrected chi connectivity index (χ0v) is 12.1. The predicted octanol–water partition coefficient (Wildman–Crippen LogP) is 0.439. The molecule has 0 atom stereocenters. The molecule has 1 aliphatic heterocycles. The van der Waals surface area contributed by atoms with Gasteiger partial charge in [0.1, 0.15) is 0 Å². The van der Waals surface area contributed by atoms with Gasteiger partial charge in [-0.2, -0.15) is 0 Å². The summed E-state index contributed by atoms with van der Waals surface area (Å²) in [5.74, 6) is 0.246. The van der Waals surface area contributed by atoms with Crippen molar-refractivity contribution in [2.24, 2.45) is 5.73 Å². The summed E-state index contributed by atoms with van der Waals surface area (Å²) in [6, 6.07) is 0. The van der Waals surface area contributed by atoms with E-state index in [-0.39, 0.29) is 11.4 Å². The molecule has 0 aromatic rings. The number of amides is 1. The molecule has 0 unspecified atom stereocenters. The van der Waals surface area contributed by atoms with Gasteiger partial charge in [-0.3, -0.25) is 9.69 Å². The van der Waals surface area contributed by atoms with Gasteiger partial charge >= 0.3 is 0 Å². The van der Waals surface area contributed by atoms with Crippen molar-refractivity contribution in [1.82, 2.24) is 9.80 Å². The van der Waals surface area contributed by atoms with Crippen LogP contribution in [0.25, 0.3) is 0 Å². The number of hydrogen-bond acceptors (Lipinski definition) is 4. The molecular weight excluding hydrogens is 242 g/mol. The first kappa shape index (κ1) is 14.8. The molecule has 1 aliphatic carbocycles. The van der Waals surface area contributed by atoms with Gasteiger partial charge in [0, 0.05) is 45.2 Å². The van der Waals surface area contributed by atoms with Gasteiger partial charge in [-0.15, -0.1) is 0 Å². The zero-order valence-electron chi connectivity index (χ0n) is 12.1. The smallest absolute Gasteiger partial charge is 0.224 e. The lowest BCUT2D eigenvalue weighted by Crippen LogP contribution is -2.51. The highest BCUT2D eigenvalue weighted by molar-refractivity contribution is 5.77. The molecule has 5 nitrogen and oxygen atoms in total. The first-order valence-corrected chi connectivity index (χ1v) is 7.41. The summed E-state index contributed by atoms with van der Waals surface area (Å²) < 4.78 is 5.11. The van der Waals surface area contributed by atoms with Crippen molar-refractivity contribution in [2.75, 3.05) is 46.4 Å². The fraction of sp³-hybridized carbons (Fsp3) is 0.929. The standard InChI is InChI=1S/C14H27N3O2/c1-19-11-10-16-6-3-7-17(9-8-16)13(18)12-14(15)4-2-5-14/h2-12,15H2,1H3. The van der Waals surface area contributed by atoms with Gasteiger partial charge in [0.2, 0.25) is 5.91 Å². The third kappa shape index (κ3) is 4.16. The molecule has 19 heavy (non-hydrogen) atoms. The second kappa shape index (κ2) is 6.68. The van der Waals surface area contributed by atoms with Crippen molar-refractivity contribution < 1.29 is 9.53 Å². The molecule has 1 amide bonds. The number of carbonyl (C=O) groups excluding carboxylic acids is 1. The van der Waals surface area contributed by atoms with Crippen LogP contribution in [0.15, 0.2) is 0 Å². The van der Waals surface area contributed by atoms with Crippen LogP contribution < -0.4 is 5.73 Å². The fourth-order valence-corrected chi connectivity index (χ4v) is 2.88. The Morgan fingerprint density at radius 2 is 2.00 bits per heavy atom. The molecule has 2 aliphatic rings. The summed E-state index contributed by atoms with van der Waals surface area (Å²) in [5, 5.41) is 0. The van der Waals surface area contributed by atoms with E-state index in [1.54, 1.807) is 7.11 Å². The first-order valence-electron chi connectivity index (χ1n) is 7.41. The van der Waals surface area contributed by atoms with Crippen LogP contribution >= 0.6 is 0 Å². The molecule has 0 aromatic heterocycles. The zero-order chi connectivity index (χ0) is 13.7. The van der Waals surface area contributed by atoms with Crippen LogP contribution in [0.4, 0.5) is 0 Å². The summed E-state index contributed by atoms with van der Waals surface area (Å²) in [4.78, 5) is 16.7. The average Bonchev–Trinajstić information content (AvgIpc) is 2.60. The minimum atomic E-state index is -0.195. The normalized spacial score (nSPS) is 23.8. The van der Waals surface area contributed by atoms with Gasteiger partial charge in [0.15, 0.2) is 0 Å². The molecule has 0 radical (unpaired) electrons. The van der Waals surface area contributed by atoms with Crippen LogP contribution in [-0.2, 0) is 9.53 Å². The van der Waals surface area contributed by atoms with Crippen LogP contribution in [0.2, 0.25) is 0 Å². The lowest BCUT2D eigenvalue weighted by molar-refractivity contribution is -0.133.